The Hall–Kier alpha value is -1.34. The summed E-state index contributed by atoms with van der Waals surface area (Å²) in [5.74, 6) is 0.163. The van der Waals surface area contributed by atoms with E-state index < -0.39 is 0 Å². The van der Waals surface area contributed by atoms with Crippen molar-refractivity contribution in [2.45, 2.75) is 52.4 Å². The second-order valence-corrected chi connectivity index (χ2v) is 7.55. The van der Waals surface area contributed by atoms with Crippen molar-refractivity contribution in [2.75, 3.05) is 0 Å². The molecule has 0 aliphatic heterocycles. The first-order valence-corrected chi connectivity index (χ1v) is 7.55. The van der Waals surface area contributed by atoms with E-state index in [1.807, 2.05) is 24.3 Å². The summed E-state index contributed by atoms with van der Waals surface area (Å²) in [6.07, 6.45) is 0. The van der Waals surface area contributed by atoms with Gasteiger partial charge in [-0.05, 0) is 22.0 Å². The van der Waals surface area contributed by atoms with Crippen LogP contribution in [0, 0.1) is 0 Å². The zero-order valence-electron chi connectivity index (χ0n) is 15.1. The van der Waals surface area contributed by atoms with Crippen molar-refractivity contribution in [1.82, 2.24) is 0 Å². The summed E-state index contributed by atoms with van der Waals surface area (Å²) in [5, 5.41) is 21.5. The van der Waals surface area contributed by atoms with Gasteiger partial charge < -0.3 is 10.2 Å². The van der Waals surface area contributed by atoms with Gasteiger partial charge in [-0.3, -0.25) is 0 Å². The quantitative estimate of drug-likeness (QED) is 0.661. The third-order valence-corrected chi connectivity index (χ3v) is 3.44. The SMILES string of the molecule is CC(C)(C)c1ccc([O-])cc1.CC(C)(C)c1ccc([O-])cc1.[Zn+2]. The standard InChI is InChI=1S/2C10H14O.Zn/c2*1-10(2,3)8-4-6-9(11)7-5-8;/h2*4-7,11H,1-3H3;/q;;+2/p-2. The van der Waals surface area contributed by atoms with Crippen LogP contribution in [0.1, 0.15) is 52.7 Å². The first-order valence-electron chi connectivity index (χ1n) is 7.55. The first kappa shape index (κ1) is 21.7. The Bertz CT molecular complexity index is 518. The Morgan fingerprint density at radius 1 is 0.522 bits per heavy atom. The van der Waals surface area contributed by atoms with Crippen LogP contribution in [-0.2, 0) is 30.3 Å². The molecule has 0 saturated heterocycles. The van der Waals surface area contributed by atoms with Crippen LogP contribution in [0.4, 0.5) is 0 Å². The van der Waals surface area contributed by atoms with Crippen molar-refractivity contribution >= 4 is 0 Å². The van der Waals surface area contributed by atoms with Crippen molar-refractivity contribution in [1.29, 1.82) is 0 Å². The molecule has 0 aromatic heterocycles. The van der Waals surface area contributed by atoms with Gasteiger partial charge in [0.1, 0.15) is 0 Å². The van der Waals surface area contributed by atoms with Gasteiger partial charge in [-0.15, -0.1) is 11.5 Å². The van der Waals surface area contributed by atoms with Crippen LogP contribution >= 0.6 is 0 Å². The molecule has 0 fully saturated rings. The van der Waals surface area contributed by atoms with E-state index in [-0.39, 0.29) is 41.8 Å². The van der Waals surface area contributed by atoms with Gasteiger partial charge in [-0.1, -0.05) is 90.1 Å². The van der Waals surface area contributed by atoms with E-state index in [9.17, 15) is 10.2 Å². The molecule has 0 saturated carbocycles. The van der Waals surface area contributed by atoms with Crippen molar-refractivity contribution in [3.05, 3.63) is 59.7 Å². The van der Waals surface area contributed by atoms with Gasteiger partial charge in [0.05, 0.1) is 0 Å². The van der Waals surface area contributed by atoms with Gasteiger partial charge in [0.2, 0.25) is 0 Å². The molecule has 0 heterocycles. The average Bonchev–Trinajstić information content (AvgIpc) is 2.38. The van der Waals surface area contributed by atoms with Gasteiger partial charge >= 0.3 is 19.5 Å². The molecule has 2 aromatic carbocycles. The molecular weight excluding hydrogens is 338 g/mol. The third-order valence-electron chi connectivity index (χ3n) is 3.44. The zero-order chi connectivity index (χ0) is 17.0. The van der Waals surface area contributed by atoms with Crippen LogP contribution in [-0.4, -0.2) is 0 Å². The summed E-state index contributed by atoms with van der Waals surface area (Å²) in [5.41, 5.74) is 2.70. The van der Waals surface area contributed by atoms with Crippen molar-refractivity contribution in [3.63, 3.8) is 0 Å². The fourth-order valence-corrected chi connectivity index (χ4v) is 1.91. The molecule has 0 bridgehead atoms. The van der Waals surface area contributed by atoms with Crippen LogP contribution in [0.15, 0.2) is 48.5 Å². The molecule has 2 nitrogen and oxygen atoms in total. The van der Waals surface area contributed by atoms with Crippen LogP contribution < -0.4 is 10.2 Å². The fraction of sp³-hybridized carbons (Fsp3) is 0.400. The number of rotatable bonds is 0. The second kappa shape index (κ2) is 8.50. The Balaban J connectivity index is 0.000000403. The predicted molar refractivity (Wildman–Crippen MR) is 89.2 cm³/mol. The second-order valence-electron chi connectivity index (χ2n) is 7.55. The minimum absolute atomic E-state index is 0. The molecule has 0 N–H and O–H groups in total. The topological polar surface area (TPSA) is 46.1 Å². The molecule has 2 aromatic rings. The maximum atomic E-state index is 10.7. The smallest absolute Gasteiger partial charge is 0.872 e. The molecule has 0 radical (unpaired) electrons. The molecule has 23 heavy (non-hydrogen) atoms. The van der Waals surface area contributed by atoms with Crippen molar-refractivity contribution in [3.8, 4) is 11.5 Å². The zero-order valence-corrected chi connectivity index (χ0v) is 18.1. The van der Waals surface area contributed by atoms with Gasteiger partial charge in [-0.25, -0.2) is 0 Å². The van der Waals surface area contributed by atoms with E-state index in [2.05, 4.69) is 41.5 Å². The molecule has 0 aliphatic carbocycles. The van der Waals surface area contributed by atoms with E-state index in [1.165, 1.54) is 11.1 Å². The summed E-state index contributed by atoms with van der Waals surface area (Å²) in [7, 11) is 0. The minimum Gasteiger partial charge on any atom is -0.872 e. The number of hydrogen-bond donors (Lipinski definition) is 0. The molecular formula is C20H26O2Zn. The monoisotopic (exact) mass is 362 g/mol. The van der Waals surface area contributed by atoms with Gasteiger partial charge in [-0.2, -0.15) is 0 Å². The summed E-state index contributed by atoms with van der Waals surface area (Å²) in [4.78, 5) is 0. The summed E-state index contributed by atoms with van der Waals surface area (Å²) in [6.45, 7) is 12.8. The van der Waals surface area contributed by atoms with E-state index in [4.69, 9.17) is 0 Å². The van der Waals surface area contributed by atoms with E-state index in [1.54, 1.807) is 24.3 Å². The average molecular weight is 364 g/mol. The van der Waals surface area contributed by atoms with E-state index in [0.717, 1.165) is 0 Å². The molecule has 3 heteroatoms. The Kier molecular flexibility index (Phi) is 8.00. The van der Waals surface area contributed by atoms with E-state index >= 15 is 0 Å². The van der Waals surface area contributed by atoms with Crippen molar-refractivity contribution < 1.29 is 29.7 Å². The van der Waals surface area contributed by atoms with Gasteiger partial charge in [0.15, 0.2) is 0 Å². The van der Waals surface area contributed by atoms with Crippen LogP contribution in [0.5, 0.6) is 11.5 Å². The van der Waals surface area contributed by atoms with E-state index in [0.29, 0.717) is 0 Å². The molecule has 120 valence electrons. The Labute approximate surface area is 153 Å². The van der Waals surface area contributed by atoms with Gasteiger partial charge in [0.25, 0.3) is 0 Å². The molecule has 0 unspecified atom stereocenters. The normalized spacial score (nSPS) is 11.0. The Morgan fingerprint density at radius 3 is 0.913 bits per heavy atom. The fourth-order valence-electron chi connectivity index (χ4n) is 1.91. The first-order chi connectivity index (χ1) is 10.00. The van der Waals surface area contributed by atoms with Crippen molar-refractivity contribution in [2.24, 2.45) is 0 Å². The summed E-state index contributed by atoms with van der Waals surface area (Å²) < 4.78 is 0. The number of hydrogen-bond acceptors (Lipinski definition) is 2. The Morgan fingerprint density at radius 2 is 0.739 bits per heavy atom. The maximum Gasteiger partial charge on any atom is 2.00 e. The maximum absolute atomic E-state index is 10.7. The largest absolute Gasteiger partial charge is 2.00 e. The molecule has 0 atom stereocenters. The van der Waals surface area contributed by atoms with Crippen LogP contribution in [0.2, 0.25) is 0 Å². The summed E-state index contributed by atoms with van der Waals surface area (Å²) >= 11 is 0. The molecule has 0 aliphatic rings. The minimum atomic E-state index is 0. The molecule has 0 amide bonds. The molecule has 2 rings (SSSR count). The molecule has 0 spiro atoms. The van der Waals surface area contributed by atoms with Crippen LogP contribution in [0.3, 0.4) is 0 Å². The third kappa shape index (κ3) is 7.65. The van der Waals surface area contributed by atoms with Crippen LogP contribution in [0.25, 0.3) is 0 Å². The van der Waals surface area contributed by atoms with Gasteiger partial charge in [0, 0.05) is 0 Å². The predicted octanol–water partition coefficient (Wildman–Crippen LogP) is 4.11. The number of benzene rings is 2. The summed E-state index contributed by atoms with van der Waals surface area (Å²) in [6, 6.07) is 14.0.